The topological polar surface area (TPSA) is 102 Å². The van der Waals surface area contributed by atoms with Gasteiger partial charge in [-0.05, 0) is 5.92 Å². The van der Waals surface area contributed by atoms with Crippen LogP contribution in [0, 0.1) is 17.2 Å². The highest BCUT2D eigenvalue weighted by Crippen LogP contribution is 2.04. The van der Waals surface area contributed by atoms with Gasteiger partial charge in [0.1, 0.15) is 17.5 Å². The quantitative estimate of drug-likeness (QED) is 0.798. The number of aromatic nitrogens is 2. The number of anilines is 2. The second kappa shape index (κ2) is 11.6. The Bertz CT molecular complexity index is 350. The van der Waals surface area contributed by atoms with Gasteiger partial charge in [-0.15, -0.1) is 0 Å². The van der Waals surface area contributed by atoms with E-state index in [2.05, 4.69) is 44.6 Å². The highest BCUT2D eigenvalue weighted by molar-refractivity contribution is 5.48. The zero-order valence-electron chi connectivity index (χ0n) is 12.1. The van der Waals surface area contributed by atoms with Crippen molar-refractivity contribution in [2.75, 3.05) is 11.5 Å². The molecule has 1 aromatic heterocycles. The van der Waals surface area contributed by atoms with Gasteiger partial charge in [-0.2, -0.15) is 10.2 Å². The maximum Gasteiger partial charge on any atom is 0.222 e. The van der Waals surface area contributed by atoms with Crippen LogP contribution in [0.5, 0.6) is 0 Å². The first-order valence-electron chi connectivity index (χ1n) is 6.16. The summed E-state index contributed by atoms with van der Waals surface area (Å²) in [7, 11) is 0. The van der Waals surface area contributed by atoms with Crippen molar-refractivity contribution in [2.24, 2.45) is 5.92 Å². The molecule has 18 heavy (non-hydrogen) atoms. The average Bonchev–Trinajstić information content (AvgIpc) is 2.29. The molecule has 0 atom stereocenters. The van der Waals surface area contributed by atoms with E-state index in [4.69, 9.17) is 16.7 Å². The van der Waals surface area contributed by atoms with E-state index in [0.29, 0.717) is 0 Å². The van der Waals surface area contributed by atoms with Crippen LogP contribution >= 0.6 is 0 Å². The molecule has 0 saturated carbocycles. The zero-order valence-corrected chi connectivity index (χ0v) is 12.1. The second-order valence-corrected chi connectivity index (χ2v) is 4.37. The molecule has 0 aliphatic carbocycles. The van der Waals surface area contributed by atoms with E-state index in [9.17, 15) is 0 Å². The lowest BCUT2D eigenvalue weighted by Gasteiger charge is -1.94. The summed E-state index contributed by atoms with van der Waals surface area (Å²) in [5.41, 5.74) is 10.7. The molecule has 5 heteroatoms. The molecular formula is C13H25N5. The van der Waals surface area contributed by atoms with E-state index in [1.165, 1.54) is 19.0 Å². The van der Waals surface area contributed by atoms with E-state index in [1.54, 1.807) is 0 Å². The normalized spacial score (nSPS) is 8.50. The van der Waals surface area contributed by atoms with Crippen LogP contribution in [0.1, 0.15) is 53.0 Å². The van der Waals surface area contributed by atoms with Gasteiger partial charge >= 0.3 is 0 Å². The summed E-state index contributed by atoms with van der Waals surface area (Å²) in [6, 6.07) is 1.82. The first kappa shape index (κ1) is 18.5. The third-order valence-electron chi connectivity index (χ3n) is 1.46. The molecule has 0 saturated heterocycles. The minimum absolute atomic E-state index is 0.0801. The Morgan fingerprint density at radius 1 is 1.22 bits per heavy atom. The molecule has 4 N–H and O–H groups in total. The van der Waals surface area contributed by atoms with Crippen LogP contribution in [0.2, 0.25) is 0 Å². The van der Waals surface area contributed by atoms with Crippen molar-refractivity contribution >= 4 is 11.8 Å². The monoisotopic (exact) mass is 251 g/mol. The van der Waals surface area contributed by atoms with Crippen LogP contribution in [-0.2, 0) is 0 Å². The molecule has 1 aromatic rings. The third kappa shape index (κ3) is 12.2. The van der Waals surface area contributed by atoms with Crippen LogP contribution in [-0.4, -0.2) is 9.97 Å². The molecule has 102 valence electrons. The molecule has 0 amide bonds. The zero-order chi connectivity index (χ0) is 14.6. The van der Waals surface area contributed by atoms with Gasteiger partial charge < -0.3 is 11.5 Å². The molecule has 0 aromatic carbocycles. The molecule has 0 radical (unpaired) electrons. The Hall–Kier alpha value is -1.83. The fourth-order valence-corrected chi connectivity index (χ4v) is 0.495. The van der Waals surface area contributed by atoms with Crippen molar-refractivity contribution in [3.8, 4) is 6.07 Å². The largest absolute Gasteiger partial charge is 0.382 e. The third-order valence-corrected chi connectivity index (χ3v) is 1.46. The number of unbranched alkanes of at least 4 members (excludes halogenated alkanes) is 1. The van der Waals surface area contributed by atoms with Gasteiger partial charge in [0, 0.05) is 0 Å². The van der Waals surface area contributed by atoms with Crippen molar-refractivity contribution in [3.05, 3.63) is 11.8 Å². The number of hydrogen-bond acceptors (Lipinski definition) is 5. The summed E-state index contributed by atoms with van der Waals surface area (Å²) < 4.78 is 0. The second-order valence-electron chi connectivity index (χ2n) is 4.37. The van der Waals surface area contributed by atoms with Gasteiger partial charge in [-0.25, -0.2) is 4.98 Å². The maximum atomic E-state index is 8.36. The maximum absolute atomic E-state index is 8.36. The molecule has 0 spiro atoms. The lowest BCUT2D eigenvalue weighted by molar-refractivity contribution is 0.737. The smallest absolute Gasteiger partial charge is 0.222 e. The van der Waals surface area contributed by atoms with E-state index in [1.807, 2.05) is 6.07 Å². The molecule has 0 unspecified atom stereocenters. The highest BCUT2D eigenvalue weighted by Gasteiger charge is 1.98. The fourth-order valence-electron chi connectivity index (χ4n) is 0.495. The average molecular weight is 251 g/mol. The Kier molecular flexibility index (Phi) is 12.0. The fraction of sp³-hybridized carbons (Fsp3) is 0.615. The molecular weight excluding hydrogens is 226 g/mol. The van der Waals surface area contributed by atoms with Gasteiger partial charge in [0.15, 0.2) is 0 Å². The molecule has 0 bridgehead atoms. The Labute approximate surface area is 110 Å². The van der Waals surface area contributed by atoms with Crippen LogP contribution in [0.15, 0.2) is 6.20 Å². The Morgan fingerprint density at radius 3 is 1.94 bits per heavy atom. The molecule has 0 aliphatic heterocycles. The first-order valence-corrected chi connectivity index (χ1v) is 6.16. The van der Waals surface area contributed by atoms with Gasteiger partial charge in [0.05, 0.1) is 6.20 Å². The van der Waals surface area contributed by atoms with E-state index >= 15 is 0 Å². The number of nitrogens with two attached hydrogens (primary N) is 2. The van der Waals surface area contributed by atoms with Gasteiger partial charge in [0.2, 0.25) is 5.95 Å². The van der Waals surface area contributed by atoms with Crippen LogP contribution in [0.3, 0.4) is 0 Å². The lowest BCUT2D eigenvalue weighted by Crippen LogP contribution is -2.00. The lowest BCUT2D eigenvalue weighted by atomic mass is 10.3. The van der Waals surface area contributed by atoms with Gasteiger partial charge in [0.25, 0.3) is 0 Å². The van der Waals surface area contributed by atoms with E-state index in [0.717, 1.165) is 5.92 Å². The summed E-state index contributed by atoms with van der Waals surface area (Å²) in [5.74, 6) is 1.03. The van der Waals surface area contributed by atoms with Crippen LogP contribution in [0.4, 0.5) is 11.8 Å². The number of nitrogens with zero attached hydrogens (tertiary/aromatic N) is 3. The summed E-state index contributed by atoms with van der Waals surface area (Å²) in [6.07, 6.45) is 3.93. The number of rotatable bonds is 1. The van der Waals surface area contributed by atoms with Gasteiger partial charge in [-0.3, -0.25) is 0 Å². The van der Waals surface area contributed by atoms with Crippen LogP contribution < -0.4 is 11.5 Å². The highest BCUT2D eigenvalue weighted by atomic mass is 15.0. The first-order chi connectivity index (χ1) is 8.38. The van der Waals surface area contributed by atoms with Crippen molar-refractivity contribution in [2.45, 2.75) is 47.5 Å². The van der Waals surface area contributed by atoms with Crippen molar-refractivity contribution in [1.29, 1.82) is 5.26 Å². The Morgan fingerprint density at radius 2 is 1.67 bits per heavy atom. The summed E-state index contributed by atoms with van der Waals surface area (Å²) in [5, 5.41) is 8.36. The van der Waals surface area contributed by atoms with Crippen LogP contribution in [0.25, 0.3) is 0 Å². The predicted molar refractivity (Wildman–Crippen MR) is 76.7 cm³/mol. The van der Waals surface area contributed by atoms with E-state index < -0.39 is 0 Å². The van der Waals surface area contributed by atoms with Crippen molar-refractivity contribution < 1.29 is 0 Å². The molecule has 5 nitrogen and oxygen atoms in total. The predicted octanol–water partition coefficient (Wildman–Crippen LogP) is 2.98. The molecule has 1 rings (SSSR count). The number of hydrogen-bond donors (Lipinski definition) is 2. The summed E-state index contributed by atoms with van der Waals surface area (Å²) in [6.45, 7) is 10.9. The minimum Gasteiger partial charge on any atom is -0.382 e. The van der Waals surface area contributed by atoms with Gasteiger partial charge in [-0.1, -0.05) is 47.5 Å². The molecule has 0 aliphatic rings. The standard InChI is InChI=1S/C5H5N5.2C4H10/c6-1-3-2-9-5(8)10-4(3)7;1-4(2)3;1-3-4-2/h2H,(H4,7,8,9,10);4H,1-3H3;3-4H2,1-2H3. The van der Waals surface area contributed by atoms with E-state index in [-0.39, 0.29) is 17.3 Å². The van der Waals surface area contributed by atoms with Crippen molar-refractivity contribution in [1.82, 2.24) is 9.97 Å². The van der Waals surface area contributed by atoms with Crippen molar-refractivity contribution in [3.63, 3.8) is 0 Å². The SMILES string of the molecule is CC(C)C.CCCC.N#Cc1cnc(N)nc1N. The summed E-state index contributed by atoms with van der Waals surface area (Å²) >= 11 is 0. The minimum atomic E-state index is 0.0801. The molecule has 1 heterocycles. The Balaban J connectivity index is 0. The number of nitriles is 1. The summed E-state index contributed by atoms with van der Waals surface area (Å²) in [4.78, 5) is 7.14. The molecule has 0 fully saturated rings. The number of nitrogen functional groups attached to an aromatic ring is 2.